The summed E-state index contributed by atoms with van der Waals surface area (Å²) in [6.07, 6.45) is 4.90. The van der Waals surface area contributed by atoms with E-state index in [1.807, 2.05) is 12.1 Å². The van der Waals surface area contributed by atoms with Crippen molar-refractivity contribution in [2.45, 2.75) is 18.0 Å². The molecule has 3 heterocycles. The van der Waals surface area contributed by atoms with Crippen molar-refractivity contribution in [1.29, 1.82) is 0 Å². The molecule has 27 heavy (non-hydrogen) atoms. The van der Waals surface area contributed by atoms with Crippen LogP contribution in [0.2, 0.25) is 0 Å². The number of thioether (sulfide) groups is 1. The average molecular weight is 381 g/mol. The highest BCUT2D eigenvalue weighted by molar-refractivity contribution is 7.99. The fraction of sp³-hybridized carbons (Fsp3) is 0.176. The molecule has 136 valence electrons. The maximum Gasteiger partial charge on any atom is 0.226 e. The molecule has 0 radical (unpaired) electrons. The molecule has 1 N–H and O–H groups in total. The highest BCUT2D eigenvalue weighted by Crippen LogP contribution is 2.21. The number of benzene rings is 1. The summed E-state index contributed by atoms with van der Waals surface area (Å²) in [6, 6.07) is 10.4. The second-order valence-corrected chi connectivity index (χ2v) is 6.65. The number of hydrogen-bond acceptors (Lipinski definition) is 9. The van der Waals surface area contributed by atoms with E-state index in [1.54, 1.807) is 53.1 Å². The summed E-state index contributed by atoms with van der Waals surface area (Å²) in [5.41, 5.74) is 1.67. The fourth-order valence-electron chi connectivity index (χ4n) is 2.39. The number of nitrogens with zero attached hydrogens (tertiary/aromatic N) is 7. The van der Waals surface area contributed by atoms with Gasteiger partial charge in [-0.25, -0.2) is 0 Å². The van der Waals surface area contributed by atoms with Gasteiger partial charge in [-0.05, 0) is 53.2 Å². The van der Waals surface area contributed by atoms with Crippen molar-refractivity contribution >= 4 is 11.8 Å². The van der Waals surface area contributed by atoms with Gasteiger partial charge in [-0.1, -0.05) is 16.9 Å². The largest absolute Gasteiger partial charge is 0.508 e. The number of pyridine rings is 1. The number of phenols is 1. The minimum absolute atomic E-state index is 0.201. The lowest BCUT2D eigenvalue weighted by Gasteiger charge is -2.03. The van der Waals surface area contributed by atoms with E-state index in [2.05, 4.69) is 30.7 Å². The molecular weight excluding hydrogens is 366 g/mol. The van der Waals surface area contributed by atoms with Crippen molar-refractivity contribution in [3.05, 3.63) is 54.7 Å². The predicted molar refractivity (Wildman–Crippen MR) is 97.4 cm³/mol. The van der Waals surface area contributed by atoms with Crippen LogP contribution in [-0.2, 0) is 6.42 Å². The predicted octanol–water partition coefficient (Wildman–Crippen LogP) is 2.54. The topological polar surface area (TPSA) is 116 Å². The van der Waals surface area contributed by atoms with Crippen LogP contribution < -0.4 is 0 Å². The van der Waals surface area contributed by atoms with Crippen molar-refractivity contribution in [1.82, 2.24) is 35.3 Å². The zero-order valence-electron chi connectivity index (χ0n) is 14.1. The minimum atomic E-state index is 0.201. The first-order valence-corrected chi connectivity index (χ1v) is 9.22. The maximum atomic E-state index is 9.39. The van der Waals surface area contributed by atoms with E-state index in [0.29, 0.717) is 23.3 Å². The van der Waals surface area contributed by atoms with Crippen LogP contribution >= 0.6 is 11.8 Å². The van der Waals surface area contributed by atoms with E-state index in [1.165, 1.54) is 0 Å². The molecule has 0 aliphatic carbocycles. The number of aromatic nitrogens is 7. The van der Waals surface area contributed by atoms with E-state index >= 15 is 0 Å². The van der Waals surface area contributed by atoms with E-state index in [9.17, 15) is 5.11 Å². The molecule has 0 bridgehead atoms. The summed E-state index contributed by atoms with van der Waals surface area (Å²) in [7, 11) is 0. The SMILES string of the molecule is Oc1ccc(-n2nnnc2SCCCc2nc(-c3ccncc3)no2)cc1. The third kappa shape index (κ3) is 4.11. The van der Waals surface area contributed by atoms with E-state index < -0.39 is 0 Å². The van der Waals surface area contributed by atoms with Crippen molar-refractivity contribution in [2.75, 3.05) is 5.75 Å². The van der Waals surface area contributed by atoms with Crippen molar-refractivity contribution in [2.24, 2.45) is 0 Å². The van der Waals surface area contributed by atoms with Gasteiger partial charge in [0.05, 0.1) is 5.69 Å². The molecule has 0 saturated heterocycles. The molecule has 0 fully saturated rings. The van der Waals surface area contributed by atoms with Crippen LogP contribution in [-0.4, -0.2) is 46.2 Å². The summed E-state index contributed by atoms with van der Waals surface area (Å²) < 4.78 is 6.94. The lowest BCUT2D eigenvalue weighted by molar-refractivity contribution is 0.378. The van der Waals surface area contributed by atoms with Crippen LogP contribution in [0.25, 0.3) is 17.1 Å². The molecule has 0 atom stereocenters. The van der Waals surface area contributed by atoms with Crippen molar-refractivity contribution in [3.63, 3.8) is 0 Å². The van der Waals surface area contributed by atoms with Crippen LogP contribution in [0.5, 0.6) is 5.75 Å². The Kier molecular flexibility index (Phi) is 5.06. The standard InChI is InChI=1S/C17H15N7O2S/c25-14-5-3-13(4-6-14)24-17(20-22-23-24)27-11-1-2-15-19-16(21-26-15)12-7-9-18-10-8-12/h3-10,25H,1-2,11H2. The number of rotatable bonds is 7. The highest BCUT2D eigenvalue weighted by atomic mass is 32.2. The van der Waals surface area contributed by atoms with Gasteiger partial charge in [-0.2, -0.15) is 9.67 Å². The molecular formula is C17H15N7O2S. The molecule has 0 spiro atoms. The monoisotopic (exact) mass is 381 g/mol. The number of tetrazole rings is 1. The average Bonchev–Trinajstić information content (AvgIpc) is 3.36. The first kappa shape index (κ1) is 17.2. The fourth-order valence-corrected chi connectivity index (χ4v) is 3.22. The molecule has 4 rings (SSSR count). The van der Waals surface area contributed by atoms with Gasteiger partial charge >= 0.3 is 0 Å². The number of phenolic OH excluding ortho intramolecular Hbond substituents is 1. The Labute approximate surface area is 158 Å². The zero-order chi connectivity index (χ0) is 18.5. The molecule has 0 aliphatic rings. The summed E-state index contributed by atoms with van der Waals surface area (Å²) in [5, 5.41) is 25.8. The quantitative estimate of drug-likeness (QED) is 0.381. The van der Waals surface area contributed by atoms with Gasteiger partial charge in [-0.3, -0.25) is 4.98 Å². The summed E-state index contributed by atoms with van der Waals surface area (Å²) >= 11 is 1.54. The third-order valence-corrected chi connectivity index (χ3v) is 4.71. The van der Waals surface area contributed by atoms with Gasteiger partial charge in [0.15, 0.2) is 0 Å². The Morgan fingerprint density at radius 3 is 2.70 bits per heavy atom. The Hall–Kier alpha value is -3.27. The highest BCUT2D eigenvalue weighted by Gasteiger charge is 2.11. The van der Waals surface area contributed by atoms with E-state index in [-0.39, 0.29) is 5.75 Å². The molecule has 4 aromatic rings. The summed E-state index contributed by atoms with van der Waals surface area (Å²) in [5.74, 6) is 2.16. The van der Waals surface area contributed by atoms with Crippen molar-refractivity contribution < 1.29 is 9.63 Å². The maximum absolute atomic E-state index is 9.39. The summed E-state index contributed by atoms with van der Waals surface area (Å²) in [4.78, 5) is 8.38. The number of aromatic hydroxyl groups is 1. The van der Waals surface area contributed by atoms with Gasteiger partial charge in [0.25, 0.3) is 0 Å². The molecule has 10 heteroatoms. The molecule has 0 aliphatic heterocycles. The number of aryl methyl sites for hydroxylation is 1. The summed E-state index contributed by atoms with van der Waals surface area (Å²) in [6.45, 7) is 0. The lowest BCUT2D eigenvalue weighted by atomic mass is 10.2. The molecule has 1 aromatic carbocycles. The first-order valence-electron chi connectivity index (χ1n) is 8.23. The molecule has 0 unspecified atom stereocenters. The minimum Gasteiger partial charge on any atom is -0.508 e. The van der Waals surface area contributed by atoms with E-state index in [0.717, 1.165) is 23.4 Å². The molecule has 9 nitrogen and oxygen atoms in total. The lowest BCUT2D eigenvalue weighted by Crippen LogP contribution is -1.99. The Bertz CT molecular complexity index is 1000. The second-order valence-electron chi connectivity index (χ2n) is 5.59. The number of hydrogen-bond donors (Lipinski definition) is 1. The van der Waals surface area contributed by atoms with Gasteiger partial charge in [-0.15, -0.1) is 5.10 Å². The van der Waals surface area contributed by atoms with E-state index in [4.69, 9.17) is 4.52 Å². The van der Waals surface area contributed by atoms with Crippen LogP contribution in [0.3, 0.4) is 0 Å². The molecule has 3 aromatic heterocycles. The Balaban J connectivity index is 1.32. The van der Waals surface area contributed by atoms with Gasteiger partial charge in [0.1, 0.15) is 5.75 Å². The Morgan fingerprint density at radius 1 is 1.07 bits per heavy atom. The van der Waals surface area contributed by atoms with Gasteiger partial charge in [0.2, 0.25) is 16.9 Å². The van der Waals surface area contributed by atoms with Crippen molar-refractivity contribution in [3.8, 4) is 22.8 Å². The first-order chi connectivity index (χ1) is 13.3. The zero-order valence-corrected chi connectivity index (χ0v) is 15.0. The third-order valence-electron chi connectivity index (χ3n) is 3.71. The van der Waals surface area contributed by atoms with Gasteiger partial charge < -0.3 is 9.63 Å². The smallest absolute Gasteiger partial charge is 0.226 e. The van der Waals surface area contributed by atoms with Crippen LogP contribution in [0.1, 0.15) is 12.3 Å². The normalized spacial score (nSPS) is 11.0. The second kappa shape index (κ2) is 7.96. The Morgan fingerprint density at radius 2 is 1.89 bits per heavy atom. The molecule has 0 amide bonds. The van der Waals surface area contributed by atoms with Crippen LogP contribution in [0.15, 0.2) is 58.5 Å². The molecule has 0 saturated carbocycles. The van der Waals surface area contributed by atoms with Crippen LogP contribution in [0, 0.1) is 0 Å². The van der Waals surface area contributed by atoms with Gasteiger partial charge in [0, 0.05) is 30.1 Å². The van der Waals surface area contributed by atoms with Crippen LogP contribution in [0.4, 0.5) is 0 Å².